The Morgan fingerprint density at radius 2 is 1.24 bits per heavy atom. The molecule has 0 unspecified atom stereocenters. The predicted octanol–water partition coefficient (Wildman–Crippen LogP) is 9.02. The van der Waals surface area contributed by atoms with Crippen molar-refractivity contribution in [2.75, 3.05) is 32.2 Å². The first-order chi connectivity index (χ1) is 24.6. The predicted molar refractivity (Wildman–Crippen MR) is 197 cm³/mol. The lowest BCUT2D eigenvalue weighted by atomic mass is 9.92. The van der Waals surface area contributed by atoms with Crippen LogP contribution in [0.15, 0.2) is 93.8 Å². The van der Waals surface area contributed by atoms with Gasteiger partial charge in [-0.15, -0.1) is 0 Å². The fourth-order valence-electron chi connectivity index (χ4n) is 7.14. The van der Waals surface area contributed by atoms with Gasteiger partial charge in [0.15, 0.2) is 11.2 Å². The van der Waals surface area contributed by atoms with E-state index in [0.717, 1.165) is 109 Å². The number of benzene rings is 4. The molecule has 5 heterocycles. The fraction of sp³-hybridized carbons (Fsp3) is 0.341. The minimum absolute atomic E-state index is 0.624. The van der Waals surface area contributed by atoms with Gasteiger partial charge in [-0.25, -0.2) is 15.0 Å². The zero-order valence-electron chi connectivity index (χ0n) is 28.5. The molecule has 9 rings (SSSR count). The van der Waals surface area contributed by atoms with E-state index in [9.17, 15) is 0 Å². The molecule has 7 aromatic rings. The first-order valence-corrected chi connectivity index (χ1v) is 17.8. The largest absolute Gasteiger partial charge is 0.436 e. The van der Waals surface area contributed by atoms with E-state index in [1.807, 2.05) is 54.6 Å². The molecular weight excluding hydrogens is 626 g/mol. The average molecular weight is 670 g/mol. The van der Waals surface area contributed by atoms with Gasteiger partial charge in [-0.3, -0.25) is 0 Å². The summed E-state index contributed by atoms with van der Waals surface area (Å²) in [6, 6.07) is 28.1. The van der Waals surface area contributed by atoms with E-state index in [4.69, 9.17) is 29.0 Å². The lowest BCUT2D eigenvalue weighted by Gasteiger charge is -2.23. The Labute approximate surface area is 291 Å². The summed E-state index contributed by atoms with van der Waals surface area (Å²) >= 11 is 0. The Morgan fingerprint density at radius 3 is 1.86 bits per heavy atom. The van der Waals surface area contributed by atoms with Gasteiger partial charge in [0.2, 0.25) is 11.8 Å². The number of anilines is 1. The van der Waals surface area contributed by atoms with Crippen LogP contribution >= 0.6 is 0 Å². The molecular formula is C41H43N5O4. The minimum atomic E-state index is 0.624. The standard InChI is InChI=1S/C21H21N3O2.C20H22N2O2/c1-14-22-18-12-16(21-23-17-4-2-3-5-20(17)26-21)6-7-19(18)24(14)13-15-8-10-25-11-9-15;21-17-13-16(20-22-18-3-1-2-4-19(18)24-20)8-7-15(17)6-5-14-9-11-23-12-10-14/h2-7,12,15H,8-11,13H2,1H3;1-4,7-8,13-14H,5-6,9-12,21H2. The maximum absolute atomic E-state index is 6.27. The average Bonchev–Trinajstić information content (AvgIpc) is 3.87. The molecule has 256 valence electrons. The van der Waals surface area contributed by atoms with Crippen molar-refractivity contribution in [3.63, 3.8) is 0 Å². The molecule has 2 N–H and O–H groups in total. The molecule has 2 fully saturated rings. The molecule has 0 spiro atoms. The third-order valence-corrected chi connectivity index (χ3v) is 10.1. The van der Waals surface area contributed by atoms with Crippen molar-refractivity contribution >= 4 is 38.9 Å². The second-order valence-corrected chi connectivity index (χ2v) is 13.5. The molecule has 4 aromatic carbocycles. The highest BCUT2D eigenvalue weighted by Gasteiger charge is 2.19. The molecule has 50 heavy (non-hydrogen) atoms. The van der Waals surface area contributed by atoms with E-state index in [2.05, 4.69) is 51.8 Å². The topological polar surface area (TPSA) is 114 Å². The van der Waals surface area contributed by atoms with Gasteiger partial charge in [0.1, 0.15) is 16.9 Å². The number of para-hydroxylation sites is 4. The quantitative estimate of drug-likeness (QED) is 0.167. The summed E-state index contributed by atoms with van der Waals surface area (Å²) in [6.45, 7) is 6.64. The van der Waals surface area contributed by atoms with Crippen LogP contribution in [0.2, 0.25) is 0 Å². The van der Waals surface area contributed by atoms with Gasteiger partial charge in [-0.1, -0.05) is 30.3 Å². The van der Waals surface area contributed by atoms with Crippen LogP contribution in [-0.2, 0) is 22.4 Å². The highest BCUT2D eigenvalue weighted by Crippen LogP contribution is 2.30. The molecule has 0 radical (unpaired) electrons. The number of nitrogens with two attached hydrogens (primary N) is 1. The first kappa shape index (κ1) is 32.2. The summed E-state index contributed by atoms with van der Waals surface area (Å²) in [4.78, 5) is 13.9. The monoisotopic (exact) mass is 669 g/mol. The van der Waals surface area contributed by atoms with Gasteiger partial charge in [0, 0.05) is 49.8 Å². The third kappa shape index (κ3) is 7.02. The van der Waals surface area contributed by atoms with E-state index >= 15 is 0 Å². The second-order valence-electron chi connectivity index (χ2n) is 13.5. The molecule has 9 heteroatoms. The molecule has 2 aliphatic rings. The Bertz CT molecular complexity index is 2160. The lowest BCUT2D eigenvalue weighted by Crippen LogP contribution is -2.20. The number of rotatable bonds is 7. The SMILES string of the molecule is Cc1nc2cc(-c3nc4ccccc4o3)ccc2n1CC1CCOCC1.Nc1cc(-c2nc3ccccc3o2)ccc1CCC1CCOCC1. The van der Waals surface area contributed by atoms with Crippen LogP contribution in [-0.4, -0.2) is 45.9 Å². The van der Waals surface area contributed by atoms with Crippen LogP contribution in [0.4, 0.5) is 5.69 Å². The van der Waals surface area contributed by atoms with Crippen LogP contribution in [0, 0.1) is 18.8 Å². The Balaban J connectivity index is 0.000000145. The van der Waals surface area contributed by atoms with Crippen LogP contribution in [0.25, 0.3) is 56.1 Å². The van der Waals surface area contributed by atoms with Crippen LogP contribution in [0.3, 0.4) is 0 Å². The maximum atomic E-state index is 6.27. The number of aromatic nitrogens is 4. The van der Waals surface area contributed by atoms with Crippen molar-refractivity contribution in [2.24, 2.45) is 11.8 Å². The Kier molecular flexibility index (Phi) is 9.33. The number of ether oxygens (including phenoxy) is 2. The summed E-state index contributed by atoms with van der Waals surface area (Å²) in [6.07, 6.45) is 6.78. The highest BCUT2D eigenvalue weighted by atomic mass is 16.5. The molecule has 2 saturated heterocycles. The molecule has 2 aliphatic heterocycles. The molecule has 0 aliphatic carbocycles. The second kappa shape index (κ2) is 14.5. The van der Waals surface area contributed by atoms with Crippen molar-refractivity contribution in [3.8, 4) is 22.9 Å². The van der Waals surface area contributed by atoms with Crippen molar-refractivity contribution in [1.29, 1.82) is 0 Å². The normalized spacial score (nSPS) is 15.9. The van der Waals surface area contributed by atoms with Crippen molar-refractivity contribution < 1.29 is 18.3 Å². The number of nitrogens with zero attached hydrogens (tertiary/aromatic N) is 4. The van der Waals surface area contributed by atoms with Crippen LogP contribution < -0.4 is 5.73 Å². The zero-order valence-corrected chi connectivity index (χ0v) is 28.5. The summed E-state index contributed by atoms with van der Waals surface area (Å²) in [5.41, 5.74) is 15.7. The highest BCUT2D eigenvalue weighted by molar-refractivity contribution is 5.83. The summed E-state index contributed by atoms with van der Waals surface area (Å²) in [5.74, 6) is 3.75. The number of hydrogen-bond donors (Lipinski definition) is 1. The van der Waals surface area contributed by atoms with Crippen LogP contribution in [0.5, 0.6) is 0 Å². The smallest absolute Gasteiger partial charge is 0.227 e. The van der Waals surface area contributed by atoms with E-state index in [1.165, 1.54) is 30.3 Å². The van der Waals surface area contributed by atoms with Crippen molar-refractivity contribution in [1.82, 2.24) is 19.5 Å². The lowest BCUT2D eigenvalue weighted by molar-refractivity contribution is 0.0614. The number of fused-ring (bicyclic) bond motifs is 3. The molecule has 0 saturated carbocycles. The zero-order chi connectivity index (χ0) is 33.9. The van der Waals surface area contributed by atoms with E-state index < -0.39 is 0 Å². The van der Waals surface area contributed by atoms with E-state index in [1.54, 1.807) is 0 Å². The molecule has 0 bridgehead atoms. The van der Waals surface area contributed by atoms with Crippen molar-refractivity contribution in [2.45, 2.75) is 52.0 Å². The molecule has 0 atom stereocenters. The van der Waals surface area contributed by atoms with Gasteiger partial charge in [-0.05, 0) is 117 Å². The number of hydrogen-bond acceptors (Lipinski definition) is 8. The summed E-state index contributed by atoms with van der Waals surface area (Å²) < 4.78 is 25.0. The summed E-state index contributed by atoms with van der Waals surface area (Å²) in [5, 5.41) is 0. The first-order valence-electron chi connectivity index (χ1n) is 17.8. The van der Waals surface area contributed by atoms with Crippen molar-refractivity contribution in [3.05, 3.63) is 96.3 Å². The van der Waals surface area contributed by atoms with Gasteiger partial charge in [0.05, 0.1) is 11.0 Å². The van der Waals surface area contributed by atoms with Gasteiger partial charge < -0.3 is 28.6 Å². The number of nitrogen functional groups attached to an aromatic ring is 1. The minimum Gasteiger partial charge on any atom is -0.436 e. The molecule has 9 nitrogen and oxygen atoms in total. The van der Waals surface area contributed by atoms with Gasteiger partial charge >= 0.3 is 0 Å². The van der Waals surface area contributed by atoms with Gasteiger partial charge in [-0.2, -0.15) is 0 Å². The number of imidazole rings is 1. The van der Waals surface area contributed by atoms with Gasteiger partial charge in [0.25, 0.3) is 0 Å². The third-order valence-electron chi connectivity index (χ3n) is 10.1. The Morgan fingerprint density at radius 1 is 0.660 bits per heavy atom. The van der Waals surface area contributed by atoms with E-state index in [0.29, 0.717) is 17.7 Å². The maximum Gasteiger partial charge on any atom is 0.227 e. The number of oxazole rings is 2. The summed E-state index contributed by atoms with van der Waals surface area (Å²) in [7, 11) is 0. The van der Waals surface area contributed by atoms with Crippen LogP contribution in [0.1, 0.15) is 43.5 Å². The fourth-order valence-corrected chi connectivity index (χ4v) is 7.14. The number of aryl methyl sites for hydroxylation is 2. The Hall–Kier alpha value is -4.99. The van der Waals surface area contributed by atoms with E-state index in [-0.39, 0.29) is 0 Å². The molecule has 0 amide bonds. The molecule has 3 aromatic heterocycles.